The quantitative estimate of drug-likeness (QED) is 0.0900. The highest BCUT2D eigenvalue weighted by Crippen LogP contribution is 2.61. The Kier molecular flexibility index (Phi) is 26.1. The Morgan fingerprint density at radius 1 is 0.425 bits per heavy atom. The van der Waals surface area contributed by atoms with E-state index in [-0.39, 0.29) is 7.43 Å². The molecule has 0 aliphatic rings. The van der Waals surface area contributed by atoms with Gasteiger partial charge in [-0.25, -0.2) is 9.97 Å². The lowest BCUT2D eigenvalue weighted by molar-refractivity contribution is 0.111. The van der Waals surface area contributed by atoms with Gasteiger partial charge in [0, 0.05) is 39.0 Å². The van der Waals surface area contributed by atoms with Gasteiger partial charge in [-0.1, -0.05) is 66.5 Å². The lowest BCUT2D eigenvalue weighted by atomic mass is 10.3. The van der Waals surface area contributed by atoms with E-state index in [1.165, 1.54) is 66.6 Å². The van der Waals surface area contributed by atoms with Crippen LogP contribution in [-0.2, 0) is 4.57 Å². The molecule has 0 radical (unpaired) electrons. The number of fused-ring (bicyclic) bond motifs is 1. The van der Waals surface area contributed by atoms with Crippen LogP contribution in [0.2, 0.25) is 0 Å². The molecule has 11 aromatic heterocycles. The number of thiazole rings is 2. The van der Waals surface area contributed by atoms with Crippen LogP contribution in [0, 0.1) is 0 Å². The highest BCUT2D eigenvalue weighted by atomic mass is 36.0. The molecule has 11 rings (SSSR count). The minimum absolute atomic E-state index is 0. The molecule has 0 bridgehead atoms. The number of halogens is 4. The van der Waals surface area contributed by atoms with Gasteiger partial charge in [-0.05, 0) is 187 Å². The van der Waals surface area contributed by atoms with Crippen molar-refractivity contribution in [3.8, 4) is 19.8 Å². The van der Waals surface area contributed by atoms with Gasteiger partial charge in [-0.15, -0.1) is 102 Å². The molecule has 0 aromatic carbocycles. The second-order valence-corrected chi connectivity index (χ2v) is 31.2. The second-order valence-electron chi connectivity index (χ2n) is 13.4. The molecule has 0 unspecified atom stereocenters. The first-order valence-electron chi connectivity index (χ1n) is 21.1. The number of rotatable bonds is 12. The van der Waals surface area contributed by atoms with Crippen LogP contribution in [0.3, 0.4) is 0 Å². The molecule has 73 heavy (non-hydrogen) atoms. The normalized spacial score (nSPS) is 11.1. The maximum Gasteiger partial charge on any atom is 0.339 e. The van der Waals surface area contributed by atoms with Crippen LogP contribution < -0.4 is 0 Å². The number of nitrogens with zero attached hydrogens (tertiary/aromatic N) is 2. The minimum Gasteiger partial charge on any atom is -0.297 e. The molecular formula is C52H41Cl3FN2O3PS11. The van der Waals surface area contributed by atoms with Gasteiger partial charge in [0.05, 0.1) is 28.0 Å². The van der Waals surface area contributed by atoms with E-state index in [2.05, 4.69) is 177 Å². The van der Waals surface area contributed by atoms with E-state index in [1.54, 1.807) is 108 Å². The van der Waals surface area contributed by atoms with E-state index in [4.69, 9.17) is 11.3 Å². The number of hydrogen-bond donors (Lipinski definition) is 0. The van der Waals surface area contributed by atoms with Crippen molar-refractivity contribution in [2.75, 3.05) is 7.15 Å². The maximum absolute atomic E-state index is 10.4. The van der Waals surface area contributed by atoms with Gasteiger partial charge >= 0.3 is 5.20 Å². The van der Waals surface area contributed by atoms with E-state index in [1.807, 2.05) is 41.1 Å². The summed E-state index contributed by atoms with van der Waals surface area (Å²) in [4.78, 5) is 46.1. The third-order valence-electron chi connectivity index (χ3n) is 8.44. The third-order valence-corrected chi connectivity index (χ3v) is 18.9. The Morgan fingerprint density at radius 2 is 0.685 bits per heavy atom. The van der Waals surface area contributed by atoms with Crippen LogP contribution in [0.15, 0.2) is 141 Å². The SMILES string of the molecule is C.C(=C\c1ccc(-c2nc3sc(-c4ccc(/C=C/c5cccs5)s4)nc3s2)s1)/c1cccs1.C(=C\c1cccs1)/c1cccs1.O=Cc1ccc(/C=C/c2cccs2)s1.O=Cc1cccs1.O=P(Cl)(Cl)Cl.[2H]CF. The van der Waals surface area contributed by atoms with E-state index >= 15 is 0 Å². The van der Waals surface area contributed by atoms with Crippen molar-refractivity contribution < 1.29 is 19.9 Å². The molecule has 0 N–H and O–H groups in total. The summed E-state index contributed by atoms with van der Waals surface area (Å²) in [6, 6.07) is 37.0. The molecule has 0 amide bonds. The Hall–Kier alpha value is -3.85. The molecule has 0 fully saturated rings. The Labute approximate surface area is 483 Å². The molecule has 0 saturated carbocycles. The lowest BCUT2D eigenvalue weighted by Crippen LogP contribution is -1.67. The average molecular weight is 1250 g/mol. The topological polar surface area (TPSA) is 77.0 Å². The number of carbonyl (C=O) groups excluding carboxylic acids is 2. The van der Waals surface area contributed by atoms with E-state index in [0.717, 1.165) is 46.9 Å². The molecule has 0 saturated heterocycles. The first-order valence-corrected chi connectivity index (χ1v) is 34.2. The fourth-order valence-electron chi connectivity index (χ4n) is 5.43. The van der Waals surface area contributed by atoms with Gasteiger partial charge in [-0.3, -0.25) is 18.5 Å². The van der Waals surface area contributed by atoms with Crippen molar-refractivity contribution in [3.05, 3.63) is 190 Å². The summed E-state index contributed by atoms with van der Waals surface area (Å²) in [6.45, 7) is 0. The predicted octanol–water partition coefficient (Wildman–Crippen LogP) is 23.0. The van der Waals surface area contributed by atoms with Gasteiger partial charge in [0.2, 0.25) is 0 Å². The zero-order chi connectivity index (χ0) is 51.7. The average Bonchev–Trinajstić information content (AvgIpc) is 4.22. The fraction of sp³-hybridized carbons (Fsp3) is 0.0385. The van der Waals surface area contributed by atoms with Crippen molar-refractivity contribution in [2.45, 2.75) is 7.43 Å². The van der Waals surface area contributed by atoms with Crippen molar-refractivity contribution in [1.82, 2.24) is 9.97 Å². The molecule has 0 aliphatic heterocycles. The number of hydrogen-bond acceptors (Lipinski definition) is 16. The van der Waals surface area contributed by atoms with Crippen molar-refractivity contribution in [3.63, 3.8) is 0 Å². The summed E-state index contributed by atoms with van der Waals surface area (Å²) >= 11 is 32.4. The minimum atomic E-state index is -3.22. The fourth-order valence-corrected chi connectivity index (χ4v) is 13.8. The number of aromatic nitrogens is 2. The highest BCUT2D eigenvalue weighted by molar-refractivity contribution is 8.24. The van der Waals surface area contributed by atoms with E-state index in [0.29, 0.717) is 0 Å². The number of alkyl halides is 1. The highest BCUT2D eigenvalue weighted by Gasteiger charge is 2.15. The van der Waals surface area contributed by atoms with Crippen LogP contribution >= 0.6 is 164 Å². The number of aldehydes is 2. The van der Waals surface area contributed by atoms with Crippen molar-refractivity contribution in [1.29, 1.82) is 0 Å². The first kappa shape index (κ1) is 58.4. The van der Waals surface area contributed by atoms with E-state index < -0.39 is 12.4 Å². The summed E-state index contributed by atoms with van der Waals surface area (Å²) in [7, 11) is -1.00. The Balaban J connectivity index is 0.000000199. The molecule has 21 heteroatoms. The molecule has 0 atom stereocenters. The predicted molar refractivity (Wildman–Crippen MR) is 338 cm³/mol. The Morgan fingerprint density at radius 3 is 0.945 bits per heavy atom. The maximum atomic E-state index is 10.4. The summed E-state index contributed by atoms with van der Waals surface area (Å²) in [5.41, 5.74) is 0. The molecule has 0 spiro atoms. The first-order chi connectivity index (χ1) is 35.5. The lowest BCUT2D eigenvalue weighted by Gasteiger charge is -1.89. The summed E-state index contributed by atoms with van der Waals surface area (Å²) in [6.07, 6.45) is 18.8. The summed E-state index contributed by atoms with van der Waals surface area (Å²) in [5, 5.41) is 11.2. The van der Waals surface area contributed by atoms with Gasteiger partial charge in [0.1, 0.15) is 10.0 Å². The zero-order valence-electron chi connectivity index (χ0n) is 37.9. The van der Waals surface area contributed by atoms with Crippen LogP contribution in [0.4, 0.5) is 4.39 Å². The zero-order valence-corrected chi connectivity index (χ0v) is 49.0. The van der Waals surface area contributed by atoms with Gasteiger partial charge in [0.25, 0.3) is 0 Å². The van der Waals surface area contributed by atoms with Crippen LogP contribution in [0.25, 0.3) is 78.0 Å². The monoisotopic (exact) mass is 1250 g/mol. The number of thiophene rings is 9. The largest absolute Gasteiger partial charge is 0.339 e. The summed E-state index contributed by atoms with van der Waals surface area (Å²) < 4.78 is 25.0. The molecule has 376 valence electrons. The molecule has 11 heterocycles. The van der Waals surface area contributed by atoms with Gasteiger partial charge in [0.15, 0.2) is 22.2 Å². The van der Waals surface area contributed by atoms with Crippen LogP contribution in [-0.4, -0.2) is 29.7 Å². The Bertz CT molecular complexity index is 3230. The standard InChI is InChI=1S/C24H14N2S6.C11H8OS2.C10H8S2.C5H4OS.CH3F.CH4.Cl3OP/c1-3-15(27-13-1)5-7-17-9-11-19(29-17)21-25-23-24(31-21)26-22(32-23)20-12-10-18(30-20)8-6-16-4-2-14-28-16;12-8-11-6-5-10(14-11)4-3-9-2-1-7-13-9;1-3-9(11-7-1)5-6-10-4-2-8-12-10;6-4-5-2-1-3-7-5;1-2;;1-5(2,3)4/h1-14H;1-8H;1-8H;1-4H;1H3;1H4;/b7-5+,8-6+;4-3+;6-5+;;;;/i;;;;1D;;. The number of carbonyl (C=O) groups is 2. The molecule has 11 aromatic rings. The van der Waals surface area contributed by atoms with Gasteiger partial charge in [-0.2, -0.15) is 0 Å². The molecule has 0 aliphatic carbocycles. The smallest absolute Gasteiger partial charge is 0.297 e. The van der Waals surface area contributed by atoms with Crippen LogP contribution in [0.5, 0.6) is 0 Å². The van der Waals surface area contributed by atoms with Crippen LogP contribution in [0.1, 0.15) is 67.2 Å². The third kappa shape index (κ3) is 21.7. The van der Waals surface area contributed by atoms with Crippen molar-refractivity contribution in [2.24, 2.45) is 0 Å². The molecule has 5 nitrogen and oxygen atoms in total. The second kappa shape index (κ2) is 32.6. The van der Waals surface area contributed by atoms with E-state index in [9.17, 15) is 18.5 Å². The van der Waals surface area contributed by atoms with Crippen molar-refractivity contribution >= 4 is 234 Å². The van der Waals surface area contributed by atoms with Gasteiger partial charge < -0.3 is 0 Å². The summed E-state index contributed by atoms with van der Waals surface area (Å²) in [5.74, 6) is 0. The molecular weight excluding hydrogens is 1210 g/mol.